The maximum Gasteiger partial charge on any atom is 0.0303 e. The summed E-state index contributed by atoms with van der Waals surface area (Å²) in [6.45, 7) is 12.2. The summed E-state index contributed by atoms with van der Waals surface area (Å²) >= 11 is 0. The molecule has 3 aliphatic rings. The summed E-state index contributed by atoms with van der Waals surface area (Å²) in [7, 11) is 0. The molecule has 98 valence electrons. The molecule has 1 heterocycles. The Morgan fingerprint density at radius 3 is 2.47 bits per heavy atom. The van der Waals surface area contributed by atoms with Crippen molar-refractivity contribution in [1.29, 1.82) is 0 Å². The fourth-order valence-corrected chi connectivity index (χ4v) is 5.13. The third-order valence-corrected chi connectivity index (χ3v) is 6.76. The van der Waals surface area contributed by atoms with Gasteiger partial charge in [-0.05, 0) is 47.8 Å². The molecule has 1 aliphatic heterocycles. The van der Waals surface area contributed by atoms with E-state index in [1.807, 2.05) is 0 Å². The Morgan fingerprint density at radius 2 is 1.82 bits per heavy atom. The Hall–Kier alpha value is -0.0800. The van der Waals surface area contributed by atoms with Crippen molar-refractivity contribution >= 4 is 0 Å². The van der Waals surface area contributed by atoms with E-state index in [2.05, 4.69) is 45.5 Å². The Balaban J connectivity index is 1.88. The Morgan fingerprint density at radius 1 is 1.12 bits per heavy atom. The molecule has 3 fully saturated rings. The van der Waals surface area contributed by atoms with E-state index in [0.29, 0.717) is 22.9 Å². The standard InChI is InChI=1S/C15H28N2/c1-9(2)12-8-10-11-6-7-15(5,14(11,3)4)13(10)17-16-12/h9-13,16-17H,6-8H2,1-5H3/t10?,11-,12?,13?,15-/m1/s1. The molecule has 0 amide bonds. The molecule has 5 atom stereocenters. The monoisotopic (exact) mass is 236 g/mol. The third kappa shape index (κ3) is 1.34. The summed E-state index contributed by atoms with van der Waals surface area (Å²) < 4.78 is 0. The van der Waals surface area contributed by atoms with Crippen LogP contribution in [0, 0.1) is 28.6 Å². The van der Waals surface area contributed by atoms with Crippen LogP contribution in [0.3, 0.4) is 0 Å². The zero-order chi connectivity index (χ0) is 12.4. The van der Waals surface area contributed by atoms with Crippen molar-refractivity contribution in [3.05, 3.63) is 0 Å². The molecule has 0 radical (unpaired) electrons. The van der Waals surface area contributed by atoms with E-state index in [0.717, 1.165) is 17.8 Å². The van der Waals surface area contributed by atoms with E-state index >= 15 is 0 Å². The van der Waals surface area contributed by atoms with Crippen molar-refractivity contribution in [1.82, 2.24) is 10.9 Å². The minimum atomic E-state index is 0.497. The van der Waals surface area contributed by atoms with Crippen LogP contribution in [0.5, 0.6) is 0 Å². The van der Waals surface area contributed by atoms with Gasteiger partial charge in [-0.3, -0.25) is 10.9 Å². The van der Waals surface area contributed by atoms with Crippen LogP contribution in [0.2, 0.25) is 0 Å². The fourth-order valence-electron chi connectivity index (χ4n) is 5.13. The lowest BCUT2D eigenvalue weighted by molar-refractivity contribution is 0.0717. The van der Waals surface area contributed by atoms with E-state index in [1.165, 1.54) is 19.3 Å². The maximum atomic E-state index is 3.69. The van der Waals surface area contributed by atoms with Gasteiger partial charge in [-0.2, -0.15) is 0 Å². The van der Waals surface area contributed by atoms with Gasteiger partial charge in [0.25, 0.3) is 0 Å². The molecule has 3 rings (SSSR count). The summed E-state index contributed by atoms with van der Waals surface area (Å²) in [4.78, 5) is 0. The van der Waals surface area contributed by atoms with Crippen LogP contribution in [0.25, 0.3) is 0 Å². The molecular weight excluding hydrogens is 208 g/mol. The van der Waals surface area contributed by atoms with Crippen LogP contribution in [0.15, 0.2) is 0 Å². The number of rotatable bonds is 1. The lowest BCUT2D eigenvalue weighted by Crippen LogP contribution is -2.61. The highest BCUT2D eigenvalue weighted by Gasteiger charge is 2.66. The van der Waals surface area contributed by atoms with E-state index in [1.54, 1.807) is 0 Å². The predicted molar refractivity (Wildman–Crippen MR) is 71.4 cm³/mol. The lowest BCUT2D eigenvalue weighted by Gasteiger charge is -2.46. The van der Waals surface area contributed by atoms with Crippen molar-refractivity contribution < 1.29 is 0 Å². The molecule has 2 N–H and O–H groups in total. The Bertz CT molecular complexity index is 323. The average Bonchev–Trinajstić information content (AvgIpc) is 2.59. The van der Waals surface area contributed by atoms with Gasteiger partial charge in [-0.15, -0.1) is 0 Å². The van der Waals surface area contributed by atoms with Gasteiger partial charge in [0.2, 0.25) is 0 Å². The highest BCUT2D eigenvalue weighted by Crippen LogP contribution is 2.68. The van der Waals surface area contributed by atoms with E-state index in [4.69, 9.17) is 0 Å². The SMILES string of the molecule is CC(C)C1CC2C(NN1)[C@@]1(C)CC[C@H]2C1(C)C. The van der Waals surface area contributed by atoms with Gasteiger partial charge in [-0.1, -0.05) is 34.6 Å². The predicted octanol–water partition coefficient (Wildman–Crippen LogP) is 2.95. The fraction of sp³-hybridized carbons (Fsp3) is 1.00. The van der Waals surface area contributed by atoms with E-state index < -0.39 is 0 Å². The smallest absolute Gasteiger partial charge is 0.0303 e. The molecule has 0 aromatic heterocycles. The van der Waals surface area contributed by atoms with Crippen molar-refractivity contribution in [3.63, 3.8) is 0 Å². The van der Waals surface area contributed by atoms with Gasteiger partial charge >= 0.3 is 0 Å². The molecule has 0 spiro atoms. The maximum absolute atomic E-state index is 3.69. The molecule has 0 aromatic rings. The highest BCUT2D eigenvalue weighted by atomic mass is 15.4. The second-order valence-electron chi connectivity index (χ2n) is 7.80. The minimum absolute atomic E-state index is 0.497. The second kappa shape index (κ2) is 3.48. The van der Waals surface area contributed by atoms with Crippen LogP contribution >= 0.6 is 0 Å². The minimum Gasteiger partial charge on any atom is -0.254 e. The topological polar surface area (TPSA) is 24.1 Å². The normalized spacial score (nSPS) is 51.9. The van der Waals surface area contributed by atoms with Crippen LogP contribution < -0.4 is 10.9 Å². The first-order chi connectivity index (χ1) is 7.88. The molecular formula is C15H28N2. The van der Waals surface area contributed by atoms with Crippen molar-refractivity contribution in [3.8, 4) is 0 Å². The summed E-state index contributed by atoms with van der Waals surface area (Å²) in [6.07, 6.45) is 4.24. The quantitative estimate of drug-likeness (QED) is 0.731. The van der Waals surface area contributed by atoms with Gasteiger partial charge in [-0.25, -0.2) is 0 Å². The Labute approximate surface area is 106 Å². The van der Waals surface area contributed by atoms with Crippen LogP contribution in [0.1, 0.15) is 53.9 Å². The van der Waals surface area contributed by atoms with Gasteiger partial charge in [0.15, 0.2) is 0 Å². The van der Waals surface area contributed by atoms with E-state index in [-0.39, 0.29) is 0 Å². The summed E-state index contributed by atoms with van der Waals surface area (Å²) in [5.74, 6) is 2.57. The number of hydrogen-bond donors (Lipinski definition) is 2. The van der Waals surface area contributed by atoms with Gasteiger partial charge < -0.3 is 0 Å². The molecule has 2 nitrogen and oxygen atoms in total. The van der Waals surface area contributed by atoms with Crippen LogP contribution in [0.4, 0.5) is 0 Å². The van der Waals surface area contributed by atoms with Gasteiger partial charge in [0.05, 0.1) is 0 Å². The zero-order valence-electron chi connectivity index (χ0n) is 12.0. The highest BCUT2D eigenvalue weighted by molar-refractivity contribution is 5.17. The first kappa shape index (κ1) is 12.0. The zero-order valence-corrected chi connectivity index (χ0v) is 12.0. The van der Waals surface area contributed by atoms with Crippen molar-refractivity contribution in [2.45, 2.75) is 66.0 Å². The lowest BCUT2D eigenvalue weighted by atomic mass is 9.68. The van der Waals surface area contributed by atoms with Crippen LogP contribution in [-0.4, -0.2) is 12.1 Å². The van der Waals surface area contributed by atoms with Crippen LogP contribution in [-0.2, 0) is 0 Å². The van der Waals surface area contributed by atoms with E-state index in [9.17, 15) is 0 Å². The first-order valence-corrected chi connectivity index (χ1v) is 7.39. The number of hydrazine groups is 1. The van der Waals surface area contributed by atoms with Crippen molar-refractivity contribution in [2.75, 3.05) is 0 Å². The molecule has 1 saturated heterocycles. The third-order valence-electron chi connectivity index (χ3n) is 6.76. The number of hydrogen-bond acceptors (Lipinski definition) is 2. The molecule has 2 bridgehead atoms. The largest absolute Gasteiger partial charge is 0.254 e. The molecule has 3 unspecified atom stereocenters. The molecule has 2 saturated carbocycles. The Kier molecular flexibility index (Phi) is 2.45. The van der Waals surface area contributed by atoms with Crippen molar-refractivity contribution in [2.24, 2.45) is 28.6 Å². The number of nitrogens with one attached hydrogen (secondary N) is 2. The van der Waals surface area contributed by atoms with Gasteiger partial charge in [0.1, 0.15) is 0 Å². The van der Waals surface area contributed by atoms with Gasteiger partial charge in [0, 0.05) is 12.1 Å². The number of fused-ring (bicyclic) bond motifs is 5. The summed E-state index contributed by atoms with van der Waals surface area (Å²) in [5.41, 5.74) is 8.29. The molecule has 0 aromatic carbocycles. The molecule has 2 heteroatoms. The summed E-state index contributed by atoms with van der Waals surface area (Å²) in [6, 6.07) is 1.36. The first-order valence-electron chi connectivity index (χ1n) is 7.39. The second-order valence-corrected chi connectivity index (χ2v) is 7.80. The molecule has 17 heavy (non-hydrogen) atoms. The average molecular weight is 236 g/mol. The molecule has 2 aliphatic carbocycles. The summed E-state index contributed by atoms with van der Waals surface area (Å²) in [5, 5.41) is 0.